The molecular formula is C35H47N3O6. The summed E-state index contributed by atoms with van der Waals surface area (Å²) < 4.78 is 12.3. The molecule has 5 rings (SSSR count). The standard InChI is InChI=1S/C35H47N3O6/c1-8-43-24-16-14-23(15-17-24)36-29(40)26-27-31(42)38(25(20-39)22-12-10-9-11-13-22)28(35(27)19-18-34(26,7)44-35)30(41)37-33(5,6)21-32(2,3)4/h9-17,25-28,39H,8,18-21H2,1-7H3,(H,36,40)(H,37,41)/t25-,26+,27+,28?,34-,35?/m1/s1. The Kier molecular flexibility index (Phi) is 8.35. The molecule has 3 amide bonds. The maximum absolute atomic E-state index is 14.6. The summed E-state index contributed by atoms with van der Waals surface area (Å²) in [5.74, 6) is -2.03. The van der Waals surface area contributed by atoms with E-state index < -0.39 is 40.7 Å². The van der Waals surface area contributed by atoms with Gasteiger partial charge < -0.3 is 30.1 Å². The van der Waals surface area contributed by atoms with Crippen molar-refractivity contribution in [1.29, 1.82) is 0 Å². The predicted molar refractivity (Wildman–Crippen MR) is 168 cm³/mol. The van der Waals surface area contributed by atoms with Crippen LogP contribution in [0.4, 0.5) is 5.69 Å². The number of hydrogen-bond acceptors (Lipinski definition) is 6. The number of hydrogen-bond donors (Lipinski definition) is 3. The molecule has 3 heterocycles. The van der Waals surface area contributed by atoms with Gasteiger partial charge in [-0.2, -0.15) is 0 Å². The van der Waals surface area contributed by atoms with E-state index in [4.69, 9.17) is 9.47 Å². The van der Waals surface area contributed by atoms with Gasteiger partial charge >= 0.3 is 0 Å². The number of fused-ring (bicyclic) bond motifs is 1. The molecule has 3 fully saturated rings. The molecule has 2 unspecified atom stereocenters. The quantitative estimate of drug-likeness (QED) is 0.357. The number of nitrogens with one attached hydrogen (secondary N) is 2. The van der Waals surface area contributed by atoms with Crippen LogP contribution in [0.5, 0.6) is 5.75 Å². The van der Waals surface area contributed by atoms with E-state index in [0.717, 1.165) is 0 Å². The first-order chi connectivity index (χ1) is 20.6. The third kappa shape index (κ3) is 5.72. The average Bonchev–Trinajstić information content (AvgIpc) is 3.50. The minimum atomic E-state index is -1.21. The minimum absolute atomic E-state index is 0.0553. The molecule has 3 aliphatic rings. The monoisotopic (exact) mass is 605 g/mol. The number of rotatable bonds is 10. The van der Waals surface area contributed by atoms with Crippen LogP contribution in [0.2, 0.25) is 0 Å². The Hall–Kier alpha value is -3.43. The van der Waals surface area contributed by atoms with Gasteiger partial charge in [0.2, 0.25) is 17.7 Å². The Morgan fingerprint density at radius 1 is 1.05 bits per heavy atom. The highest BCUT2D eigenvalue weighted by molar-refractivity contribution is 6.02. The molecular weight excluding hydrogens is 558 g/mol. The van der Waals surface area contributed by atoms with E-state index >= 15 is 0 Å². The number of amides is 3. The maximum Gasteiger partial charge on any atom is 0.246 e. The van der Waals surface area contributed by atoms with Crippen molar-refractivity contribution in [2.45, 2.75) is 96.6 Å². The number of anilines is 1. The van der Waals surface area contributed by atoms with Crippen LogP contribution in [0, 0.1) is 17.3 Å². The lowest BCUT2D eigenvalue weighted by Gasteiger charge is -2.40. The van der Waals surface area contributed by atoms with Crippen molar-refractivity contribution in [2.75, 3.05) is 18.5 Å². The molecule has 3 N–H and O–H groups in total. The van der Waals surface area contributed by atoms with E-state index in [1.165, 1.54) is 4.90 Å². The lowest BCUT2D eigenvalue weighted by molar-refractivity contribution is -0.149. The van der Waals surface area contributed by atoms with Gasteiger partial charge in [0.1, 0.15) is 17.4 Å². The summed E-state index contributed by atoms with van der Waals surface area (Å²) in [6.45, 7) is 14.3. The molecule has 2 bridgehead atoms. The summed E-state index contributed by atoms with van der Waals surface area (Å²) in [4.78, 5) is 44.6. The highest BCUT2D eigenvalue weighted by atomic mass is 16.5. The SMILES string of the molecule is CCOc1ccc(NC(=O)[C@@H]2[C@H]3C(=O)N([C@H](CO)c4ccccc4)C(C(=O)NC(C)(C)CC(C)(C)C)C34CC[C@@]2(C)O4)cc1. The largest absolute Gasteiger partial charge is 0.494 e. The molecule has 2 aromatic rings. The summed E-state index contributed by atoms with van der Waals surface area (Å²) in [5.41, 5.74) is -1.48. The summed E-state index contributed by atoms with van der Waals surface area (Å²) in [6.07, 6.45) is 1.68. The molecule has 6 atom stereocenters. The Labute approximate surface area is 260 Å². The van der Waals surface area contributed by atoms with Crippen molar-refractivity contribution >= 4 is 23.4 Å². The molecule has 0 aromatic heterocycles. The summed E-state index contributed by atoms with van der Waals surface area (Å²) in [5, 5.41) is 16.9. The normalized spacial score (nSPS) is 28.5. The van der Waals surface area contributed by atoms with E-state index in [1.54, 1.807) is 24.3 Å². The smallest absolute Gasteiger partial charge is 0.246 e. The number of nitrogens with zero attached hydrogens (tertiary/aromatic N) is 1. The Morgan fingerprint density at radius 2 is 1.70 bits per heavy atom. The summed E-state index contributed by atoms with van der Waals surface area (Å²) in [7, 11) is 0. The number of aliphatic hydroxyl groups is 1. The summed E-state index contributed by atoms with van der Waals surface area (Å²) >= 11 is 0. The van der Waals surface area contributed by atoms with Gasteiger partial charge in [-0.25, -0.2) is 0 Å². The fourth-order valence-electron chi connectivity index (χ4n) is 8.22. The molecule has 9 nitrogen and oxygen atoms in total. The van der Waals surface area contributed by atoms with Crippen LogP contribution < -0.4 is 15.4 Å². The highest BCUT2D eigenvalue weighted by Crippen LogP contribution is 2.64. The van der Waals surface area contributed by atoms with Gasteiger partial charge in [-0.05, 0) is 82.2 Å². The van der Waals surface area contributed by atoms with Gasteiger partial charge in [0.15, 0.2) is 0 Å². The van der Waals surface area contributed by atoms with Crippen LogP contribution in [0.25, 0.3) is 0 Å². The van der Waals surface area contributed by atoms with Crippen molar-refractivity contribution < 1.29 is 29.0 Å². The highest BCUT2D eigenvalue weighted by Gasteiger charge is 2.78. The molecule has 238 valence electrons. The predicted octanol–water partition coefficient (Wildman–Crippen LogP) is 4.85. The molecule has 2 aromatic carbocycles. The minimum Gasteiger partial charge on any atom is -0.494 e. The number of aliphatic hydroxyl groups excluding tert-OH is 1. The van der Waals surface area contributed by atoms with Gasteiger partial charge in [0, 0.05) is 11.2 Å². The molecule has 3 saturated heterocycles. The van der Waals surface area contributed by atoms with Gasteiger partial charge in [0.05, 0.1) is 36.7 Å². The maximum atomic E-state index is 14.6. The number of carbonyl (C=O) groups excluding carboxylic acids is 3. The van der Waals surface area contributed by atoms with E-state index in [-0.39, 0.29) is 29.7 Å². The van der Waals surface area contributed by atoms with Crippen LogP contribution in [0.1, 0.15) is 79.3 Å². The second-order valence-electron chi connectivity index (χ2n) is 14.6. The van der Waals surface area contributed by atoms with Crippen molar-refractivity contribution in [3.8, 4) is 5.75 Å². The van der Waals surface area contributed by atoms with Crippen molar-refractivity contribution in [3.63, 3.8) is 0 Å². The molecule has 0 radical (unpaired) electrons. The Balaban J connectivity index is 1.53. The lowest BCUT2D eigenvalue weighted by atomic mass is 9.66. The fraction of sp³-hybridized carbons (Fsp3) is 0.571. The van der Waals surface area contributed by atoms with Gasteiger partial charge in [-0.15, -0.1) is 0 Å². The topological polar surface area (TPSA) is 117 Å². The zero-order valence-corrected chi connectivity index (χ0v) is 27.0. The van der Waals surface area contributed by atoms with Gasteiger partial charge in [0.25, 0.3) is 0 Å². The zero-order valence-electron chi connectivity index (χ0n) is 27.0. The molecule has 0 saturated carbocycles. The number of carbonyl (C=O) groups is 3. The average molecular weight is 606 g/mol. The summed E-state index contributed by atoms with van der Waals surface area (Å²) in [6, 6.07) is 14.5. The second kappa shape index (κ2) is 11.5. The van der Waals surface area contributed by atoms with Gasteiger partial charge in [-0.1, -0.05) is 51.1 Å². The van der Waals surface area contributed by atoms with Crippen LogP contribution in [0.15, 0.2) is 54.6 Å². The third-order valence-corrected chi connectivity index (χ3v) is 9.31. The lowest BCUT2D eigenvalue weighted by Crippen LogP contribution is -2.60. The van der Waals surface area contributed by atoms with E-state index in [2.05, 4.69) is 31.4 Å². The van der Waals surface area contributed by atoms with Crippen LogP contribution >= 0.6 is 0 Å². The third-order valence-electron chi connectivity index (χ3n) is 9.31. The van der Waals surface area contributed by atoms with Crippen molar-refractivity contribution in [1.82, 2.24) is 10.2 Å². The molecule has 9 heteroatoms. The Morgan fingerprint density at radius 3 is 2.30 bits per heavy atom. The van der Waals surface area contributed by atoms with Crippen molar-refractivity contribution in [3.05, 3.63) is 60.2 Å². The zero-order chi connectivity index (χ0) is 32.1. The van der Waals surface area contributed by atoms with E-state index in [0.29, 0.717) is 42.9 Å². The fourth-order valence-corrected chi connectivity index (χ4v) is 8.22. The second-order valence-corrected chi connectivity index (χ2v) is 14.6. The van der Waals surface area contributed by atoms with Crippen LogP contribution in [-0.4, -0.2) is 63.7 Å². The molecule has 0 aliphatic carbocycles. The Bertz CT molecular complexity index is 1390. The first-order valence-corrected chi connectivity index (χ1v) is 15.7. The number of likely N-dealkylation sites (tertiary alicyclic amines) is 1. The molecule has 3 aliphatic heterocycles. The molecule has 1 spiro atoms. The molecule has 44 heavy (non-hydrogen) atoms. The van der Waals surface area contributed by atoms with Crippen LogP contribution in [-0.2, 0) is 19.1 Å². The first kappa shape index (κ1) is 32.0. The van der Waals surface area contributed by atoms with E-state index in [9.17, 15) is 19.5 Å². The number of benzene rings is 2. The van der Waals surface area contributed by atoms with Gasteiger partial charge in [-0.3, -0.25) is 14.4 Å². The number of ether oxygens (including phenoxy) is 2. The van der Waals surface area contributed by atoms with Crippen molar-refractivity contribution in [2.24, 2.45) is 17.3 Å². The van der Waals surface area contributed by atoms with Crippen LogP contribution in [0.3, 0.4) is 0 Å². The van der Waals surface area contributed by atoms with E-state index in [1.807, 2.05) is 58.0 Å². The first-order valence-electron chi connectivity index (χ1n) is 15.7.